The highest BCUT2D eigenvalue weighted by molar-refractivity contribution is 14.1. The van der Waals surface area contributed by atoms with E-state index in [1.165, 1.54) is 22.6 Å². The van der Waals surface area contributed by atoms with Gasteiger partial charge in [-0.15, -0.1) is 0 Å². The molecule has 14 heteroatoms. The fourth-order valence-electron chi connectivity index (χ4n) is 2.75. The number of halogens is 12. The molecule has 0 aromatic heterocycles. The molecular weight excluding hydrogens is 572 g/mol. The van der Waals surface area contributed by atoms with Crippen LogP contribution in [0.2, 0.25) is 0 Å². The highest BCUT2D eigenvalue weighted by atomic mass is 127. The maximum atomic E-state index is 14.5. The number of carbonyl (C=O) groups excluding carboxylic acids is 1. The second kappa shape index (κ2) is 9.25. The Kier molecular flexibility index (Phi) is 8.26. The summed E-state index contributed by atoms with van der Waals surface area (Å²) >= 11 is 1.34. The highest BCUT2D eigenvalue weighted by Crippen LogP contribution is 2.49. The molecule has 0 aromatic rings. The van der Waals surface area contributed by atoms with Crippen LogP contribution in [0.5, 0.6) is 0 Å². The molecule has 2 unspecified atom stereocenters. The van der Waals surface area contributed by atoms with Gasteiger partial charge in [-0.3, -0.25) is 0 Å². The van der Waals surface area contributed by atoms with Gasteiger partial charge in [0.15, 0.2) is 0 Å². The maximum absolute atomic E-state index is 14.5. The van der Waals surface area contributed by atoms with Crippen LogP contribution in [0.3, 0.4) is 0 Å². The van der Waals surface area contributed by atoms with Gasteiger partial charge in [0.1, 0.15) is 0 Å². The Morgan fingerprint density at radius 3 is 2.06 bits per heavy atom. The molecule has 1 aliphatic carbocycles. The lowest BCUT2D eigenvalue weighted by molar-refractivity contribution is -0.353. The van der Waals surface area contributed by atoms with Crippen molar-refractivity contribution >= 4 is 28.6 Å². The molecule has 0 N–H and O–H groups in total. The summed E-state index contributed by atoms with van der Waals surface area (Å²) in [5, 5.41) is 11.2. The van der Waals surface area contributed by atoms with Crippen molar-refractivity contribution in [3.8, 4) is 0 Å². The van der Waals surface area contributed by atoms with E-state index in [1.54, 1.807) is 0 Å². The lowest BCUT2D eigenvalue weighted by Gasteiger charge is -2.37. The van der Waals surface area contributed by atoms with Gasteiger partial charge in [0, 0.05) is 10.0 Å². The minimum atomic E-state index is -6.47. The van der Waals surface area contributed by atoms with E-state index in [2.05, 4.69) is 0 Å². The number of unbranched alkanes of at least 4 members (excludes halogenated alkanes) is 1. The van der Waals surface area contributed by atoms with Crippen LogP contribution in [-0.2, 0) is 4.79 Å². The Hall–Kier alpha value is -1.35. The molecule has 2 atom stereocenters. The third-order valence-corrected chi connectivity index (χ3v) is 4.95. The summed E-state index contributed by atoms with van der Waals surface area (Å²) in [5.41, 5.74) is -4.75. The van der Waals surface area contributed by atoms with E-state index in [-0.39, 0.29) is 22.5 Å². The summed E-state index contributed by atoms with van der Waals surface area (Å²) in [7, 11) is 0. The zero-order chi connectivity index (χ0) is 24.5. The Morgan fingerprint density at radius 2 is 1.61 bits per heavy atom. The number of carboxylic acids is 1. The van der Waals surface area contributed by atoms with Crippen molar-refractivity contribution in [2.75, 3.05) is 0 Å². The van der Waals surface area contributed by atoms with Crippen molar-refractivity contribution in [3.63, 3.8) is 0 Å². The summed E-state index contributed by atoms with van der Waals surface area (Å²) in [6, 6.07) is 0. The normalized spacial score (nSPS) is 23.7. The predicted octanol–water partition coefficient (Wildman–Crippen LogP) is 5.83. The molecule has 0 amide bonds. The van der Waals surface area contributed by atoms with Crippen molar-refractivity contribution < 1.29 is 58.2 Å². The summed E-state index contributed by atoms with van der Waals surface area (Å²) in [5.74, 6) is -16.8. The van der Waals surface area contributed by atoms with E-state index in [0.717, 1.165) is 12.2 Å². The van der Waals surface area contributed by atoms with Crippen molar-refractivity contribution in [2.24, 2.45) is 5.92 Å². The first-order valence-electron chi connectivity index (χ1n) is 8.30. The zero-order valence-corrected chi connectivity index (χ0v) is 17.2. The monoisotopic (exact) mass is 585 g/mol. The van der Waals surface area contributed by atoms with Crippen LogP contribution in [0, 0.1) is 5.92 Å². The van der Waals surface area contributed by atoms with Crippen molar-refractivity contribution in [1.82, 2.24) is 0 Å². The van der Waals surface area contributed by atoms with Crippen LogP contribution < -0.4 is 5.11 Å². The van der Waals surface area contributed by atoms with Crippen LogP contribution >= 0.6 is 22.6 Å². The molecule has 31 heavy (non-hydrogen) atoms. The first-order chi connectivity index (χ1) is 13.8. The molecule has 0 aromatic carbocycles. The van der Waals surface area contributed by atoms with Gasteiger partial charge in [-0.05, 0) is 54.0 Å². The quantitative estimate of drug-likeness (QED) is 0.156. The zero-order valence-electron chi connectivity index (χ0n) is 15.1. The second-order valence-electron chi connectivity index (χ2n) is 6.61. The third-order valence-electron chi connectivity index (χ3n) is 4.32. The molecule has 2 nitrogen and oxygen atoms in total. The lowest BCUT2D eigenvalue weighted by atomic mass is 9.77. The van der Waals surface area contributed by atoms with E-state index in [1.807, 2.05) is 0 Å². The number of carbonyl (C=O) groups is 1. The Balaban J connectivity index is 2.81. The number of alkyl halides is 11. The number of hydrogen-bond acceptors (Lipinski definition) is 2. The number of carboxylic acid groups (broad SMARTS) is 1. The molecule has 0 aliphatic heterocycles. The van der Waals surface area contributed by atoms with Gasteiger partial charge in [-0.1, -0.05) is 17.7 Å². The van der Waals surface area contributed by atoms with Gasteiger partial charge in [0.05, 0.1) is 11.9 Å². The van der Waals surface area contributed by atoms with E-state index in [9.17, 15) is 58.2 Å². The van der Waals surface area contributed by atoms with E-state index < -0.39 is 60.2 Å². The fraction of sp³-hybridized carbons (Fsp3) is 0.588. The van der Waals surface area contributed by atoms with Gasteiger partial charge in [0.2, 0.25) is 5.67 Å². The molecule has 178 valence electrons. The maximum Gasteiger partial charge on any atom is 0.459 e. The van der Waals surface area contributed by atoms with Crippen LogP contribution in [0.15, 0.2) is 33.5 Å². The van der Waals surface area contributed by atoms with E-state index in [0.29, 0.717) is 6.08 Å². The van der Waals surface area contributed by atoms with Crippen molar-refractivity contribution in [1.29, 1.82) is 0 Å². The second-order valence-corrected chi connectivity index (χ2v) is 7.86. The summed E-state index contributed by atoms with van der Waals surface area (Å²) in [6.45, 7) is 0. The van der Waals surface area contributed by atoms with Gasteiger partial charge < -0.3 is 9.90 Å². The van der Waals surface area contributed by atoms with Crippen molar-refractivity contribution in [2.45, 2.75) is 55.5 Å². The van der Waals surface area contributed by atoms with Crippen LogP contribution in [0.4, 0.5) is 48.3 Å². The molecule has 0 bridgehead atoms. The first kappa shape index (κ1) is 27.7. The largest absolute Gasteiger partial charge is 0.549 e. The standard InChI is InChI=1S/C17H14F11IO2/c18-13(16(23,24)25)8-10(29)7-9(11(13)12(30)31)5-3-1-2-4-6-14(19,20)15(21,22)17(26,27)28/h2,4,7-8,11H,1,3,5-6H2,(H,30,31)/p-1. The molecule has 0 saturated heterocycles. The molecule has 0 spiro atoms. The van der Waals surface area contributed by atoms with Crippen LogP contribution in [-0.4, -0.2) is 35.8 Å². The molecule has 0 fully saturated rings. The average Bonchev–Trinajstić information content (AvgIpc) is 2.54. The summed E-state index contributed by atoms with van der Waals surface area (Å²) < 4.78 is 141. The topological polar surface area (TPSA) is 40.1 Å². The predicted molar refractivity (Wildman–Crippen MR) is 92.1 cm³/mol. The molecular formula is C17H13F11IO2-. The van der Waals surface area contributed by atoms with E-state index in [4.69, 9.17) is 0 Å². The number of allylic oxidation sites excluding steroid dienone is 5. The van der Waals surface area contributed by atoms with E-state index >= 15 is 0 Å². The SMILES string of the molecule is O=C([O-])C1C(CCCC=CCC(F)(F)C(F)(F)C(F)(F)F)=CC(I)=CC1(F)C(F)(F)F. The minimum absolute atomic E-state index is 0.0837. The Morgan fingerprint density at radius 1 is 1.06 bits per heavy atom. The van der Waals surface area contributed by atoms with Gasteiger partial charge in [-0.2, -0.15) is 43.9 Å². The Bertz CT molecular complexity index is 765. The Labute approximate surface area is 182 Å². The smallest absolute Gasteiger partial charge is 0.459 e. The molecule has 1 rings (SSSR count). The van der Waals surface area contributed by atoms with Gasteiger partial charge >= 0.3 is 24.2 Å². The van der Waals surface area contributed by atoms with Gasteiger partial charge in [-0.25, -0.2) is 4.39 Å². The minimum Gasteiger partial charge on any atom is -0.549 e. The highest BCUT2D eigenvalue weighted by Gasteiger charge is 2.72. The summed E-state index contributed by atoms with van der Waals surface area (Å²) in [4.78, 5) is 11.2. The number of aliphatic carboxylic acids is 1. The molecule has 0 radical (unpaired) electrons. The molecule has 0 saturated carbocycles. The average molecular weight is 585 g/mol. The fourth-order valence-corrected chi connectivity index (χ4v) is 3.60. The summed E-state index contributed by atoms with van der Waals surface area (Å²) in [6.07, 6.45) is -12.8. The molecule has 0 heterocycles. The van der Waals surface area contributed by atoms with Crippen LogP contribution in [0.1, 0.15) is 25.7 Å². The first-order valence-corrected chi connectivity index (χ1v) is 9.38. The van der Waals surface area contributed by atoms with Crippen molar-refractivity contribution in [3.05, 3.63) is 33.5 Å². The van der Waals surface area contributed by atoms with Gasteiger partial charge in [0.25, 0.3) is 0 Å². The number of rotatable bonds is 8. The molecule has 1 aliphatic rings. The third kappa shape index (κ3) is 5.92. The lowest BCUT2D eigenvalue weighted by Crippen LogP contribution is -2.54. The van der Waals surface area contributed by atoms with Crippen LogP contribution in [0.25, 0.3) is 0 Å². The number of hydrogen-bond donors (Lipinski definition) is 0.